The highest BCUT2D eigenvalue weighted by molar-refractivity contribution is 6.11. The quantitative estimate of drug-likeness (QED) is 0.771. The minimum absolute atomic E-state index is 0.0883. The Bertz CT molecular complexity index is 837. The first-order chi connectivity index (χ1) is 13.1. The summed E-state index contributed by atoms with van der Waals surface area (Å²) in [5.41, 5.74) is -0.0336. The molecule has 2 aliphatic rings. The first kappa shape index (κ1) is 19.9. The average molecular weight is 387 g/mol. The van der Waals surface area contributed by atoms with Crippen LogP contribution in [0.15, 0.2) is 24.3 Å². The zero-order valence-electron chi connectivity index (χ0n) is 16.3. The van der Waals surface area contributed by atoms with Crippen LogP contribution in [-0.4, -0.2) is 51.9 Å². The summed E-state index contributed by atoms with van der Waals surface area (Å²) in [6.07, 6.45) is 0.981. The van der Waals surface area contributed by atoms with Crippen LogP contribution in [0.2, 0.25) is 0 Å². The molecule has 1 saturated heterocycles. The number of carboxylic acid groups (broad SMARTS) is 1. The number of aliphatic carboxylic acids is 1. The third-order valence-corrected chi connectivity index (χ3v) is 5.39. The van der Waals surface area contributed by atoms with Gasteiger partial charge in [0, 0.05) is 6.42 Å². The van der Waals surface area contributed by atoms with Gasteiger partial charge < -0.3 is 15.3 Å². The van der Waals surface area contributed by atoms with E-state index < -0.39 is 23.6 Å². The second-order valence-electron chi connectivity index (χ2n) is 7.94. The molecule has 2 heterocycles. The van der Waals surface area contributed by atoms with E-state index in [2.05, 4.69) is 5.32 Å². The first-order valence-electron chi connectivity index (χ1n) is 9.41. The zero-order chi connectivity index (χ0) is 20.6. The van der Waals surface area contributed by atoms with Gasteiger partial charge >= 0.3 is 5.97 Å². The van der Waals surface area contributed by atoms with Gasteiger partial charge in [-0.15, -0.1) is 0 Å². The number of para-hydroxylation sites is 1. The largest absolute Gasteiger partial charge is 0.480 e. The van der Waals surface area contributed by atoms with Gasteiger partial charge in [0.05, 0.1) is 11.3 Å². The third kappa shape index (κ3) is 3.34. The predicted molar refractivity (Wildman–Crippen MR) is 102 cm³/mol. The molecule has 2 N–H and O–H groups in total. The molecule has 1 fully saturated rings. The van der Waals surface area contributed by atoms with E-state index >= 15 is 0 Å². The van der Waals surface area contributed by atoms with E-state index in [0.717, 1.165) is 0 Å². The summed E-state index contributed by atoms with van der Waals surface area (Å²) in [7, 11) is 0. The normalized spacial score (nSPS) is 22.1. The molecule has 2 atom stereocenters. The Morgan fingerprint density at radius 1 is 1.25 bits per heavy atom. The molecule has 1 unspecified atom stereocenters. The molecule has 1 aromatic rings. The number of hydrogen-bond donors (Lipinski definition) is 2. The van der Waals surface area contributed by atoms with Gasteiger partial charge in [0.25, 0.3) is 5.91 Å². The fraction of sp³-hybridized carbons (Fsp3) is 0.500. The number of rotatable bonds is 6. The van der Waals surface area contributed by atoms with Crippen LogP contribution >= 0.6 is 0 Å². The zero-order valence-corrected chi connectivity index (χ0v) is 16.3. The van der Waals surface area contributed by atoms with Crippen molar-refractivity contribution >= 4 is 29.4 Å². The SMILES string of the molecule is CC(C)C[C@@H](NC(=O)CN1C(=O)c2ccccc2N2C(=O)CCC12C)C(=O)O. The molecular weight excluding hydrogens is 362 g/mol. The highest BCUT2D eigenvalue weighted by Gasteiger charge is 2.53. The summed E-state index contributed by atoms with van der Waals surface area (Å²) in [6, 6.07) is 5.82. The molecule has 8 heteroatoms. The van der Waals surface area contributed by atoms with Gasteiger partial charge in [-0.1, -0.05) is 26.0 Å². The van der Waals surface area contributed by atoms with Crippen LogP contribution in [-0.2, 0) is 14.4 Å². The number of anilines is 1. The van der Waals surface area contributed by atoms with Crippen LogP contribution in [0.1, 0.15) is 50.4 Å². The van der Waals surface area contributed by atoms with Gasteiger partial charge in [-0.25, -0.2) is 4.79 Å². The lowest BCUT2D eigenvalue weighted by Gasteiger charge is -2.48. The molecule has 28 heavy (non-hydrogen) atoms. The molecule has 2 aliphatic heterocycles. The maximum atomic E-state index is 13.1. The number of carbonyl (C=O) groups excluding carboxylic acids is 3. The van der Waals surface area contributed by atoms with Gasteiger partial charge in [0.2, 0.25) is 11.8 Å². The number of nitrogens with one attached hydrogen (secondary N) is 1. The molecule has 0 saturated carbocycles. The van der Waals surface area contributed by atoms with Crippen LogP contribution in [0.25, 0.3) is 0 Å². The Morgan fingerprint density at radius 3 is 2.57 bits per heavy atom. The predicted octanol–water partition coefficient (Wildman–Crippen LogP) is 1.60. The Labute approximate surface area is 163 Å². The molecule has 3 amide bonds. The maximum Gasteiger partial charge on any atom is 0.326 e. The standard InChI is InChI=1S/C20H25N3O5/c1-12(2)10-14(19(27)28)21-16(24)11-22-18(26)13-6-4-5-7-15(13)23-17(25)8-9-20(22,23)3/h4-7,12,14H,8-11H2,1-3H3,(H,21,24)(H,27,28)/t14-,20?/m1/s1. The number of hydrogen-bond acceptors (Lipinski definition) is 4. The van der Waals surface area contributed by atoms with E-state index in [-0.39, 0.29) is 30.7 Å². The minimum atomic E-state index is -1.11. The Morgan fingerprint density at radius 2 is 1.93 bits per heavy atom. The fourth-order valence-corrected chi connectivity index (χ4v) is 4.02. The van der Waals surface area contributed by atoms with Crippen molar-refractivity contribution in [3.8, 4) is 0 Å². The third-order valence-electron chi connectivity index (χ3n) is 5.39. The van der Waals surface area contributed by atoms with E-state index in [1.807, 2.05) is 13.8 Å². The Balaban J connectivity index is 1.87. The number of benzene rings is 1. The highest BCUT2D eigenvalue weighted by Crippen LogP contribution is 2.43. The number of fused-ring (bicyclic) bond motifs is 3. The lowest BCUT2D eigenvalue weighted by Crippen LogP contribution is -2.64. The molecular formula is C20H25N3O5. The van der Waals surface area contributed by atoms with Crippen molar-refractivity contribution in [1.29, 1.82) is 0 Å². The number of carbonyl (C=O) groups is 4. The van der Waals surface area contributed by atoms with Crippen LogP contribution < -0.4 is 10.2 Å². The van der Waals surface area contributed by atoms with Gasteiger partial charge in [-0.2, -0.15) is 0 Å². The summed E-state index contributed by atoms with van der Waals surface area (Å²) < 4.78 is 0. The van der Waals surface area contributed by atoms with Gasteiger partial charge in [0.15, 0.2) is 0 Å². The lowest BCUT2D eigenvalue weighted by molar-refractivity contribution is -0.142. The van der Waals surface area contributed by atoms with E-state index in [9.17, 15) is 24.3 Å². The Kier molecular flexibility index (Phi) is 5.14. The van der Waals surface area contributed by atoms with E-state index in [4.69, 9.17) is 0 Å². The van der Waals surface area contributed by atoms with Gasteiger partial charge in [-0.3, -0.25) is 19.3 Å². The number of nitrogens with zero attached hydrogens (tertiary/aromatic N) is 2. The second kappa shape index (κ2) is 7.26. The number of amides is 3. The summed E-state index contributed by atoms with van der Waals surface area (Å²) in [5.74, 6) is -2.01. The topological polar surface area (TPSA) is 107 Å². The van der Waals surface area contributed by atoms with Crippen molar-refractivity contribution in [1.82, 2.24) is 10.2 Å². The summed E-state index contributed by atoms with van der Waals surface area (Å²) >= 11 is 0. The molecule has 3 rings (SSSR count). The van der Waals surface area contributed by atoms with Crippen molar-refractivity contribution in [2.24, 2.45) is 5.92 Å². The van der Waals surface area contributed by atoms with Crippen molar-refractivity contribution in [3.63, 3.8) is 0 Å². The van der Waals surface area contributed by atoms with E-state index in [1.165, 1.54) is 4.90 Å². The summed E-state index contributed by atoms with van der Waals surface area (Å²) in [5, 5.41) is 11.9. The Hall–Kier alpha value is -2.90. The van der Waals surface area contributed by atoms with Crippen LogP contribution in [0.5, 0.6) is 0 Å². The monoisotopic (exact) mass is 387 g/mol. The fourth-order valence-electron chi connectivity index (χ4n) is 4.02. The van der Waals surface area contributed by atoms with Crippen molar-refractivity contribution < 1.29 is 24.3 Å². The van der Waals surface area contributed by atoms with Crippen LogP contribution in [0.3, 0.4) is 0 Å². The molecule has 1 aromatic carbocycles. The summed E-state index contributed by atoms with van der Waals surface area (Å²) in [6.45, 7) is 5.20. The molecule has 0 bridgehead atoms. The molecule has 0 spiro atoms. The molecule has 0 aromatic heterocycles. The van der Waals surface area contributed by atoms with Gasteiger partial charge in [0.1, 0.15) is 18.2 Å². The average Bonchev–Trinajstić information content (AvgIpc) is 2.93. The maximum absolute atomic E-state index is 13.1. The number of carboxylic acids is 1. The highest BCUT2D eigenvalue weighted by atomic mass is 16.4. The second-order valence-corrected chi connectivity index (χ2v) is 7.94. The molecule has 0 aliphatic carbocycles. The van der Waals surface area contributed by atoms with E-state index in [1.54, 1.807) is 36.1 Å². The summed E-state index contributed by atoms with van der Waals surface area (Å²) in [4.78, 5) is 52.6. The van der Waals surface area contributed by atoms with Crippen molar-refractivity contribution in [2.45, 2.75) is 51.7 Å². The van der Waals surface area contributed by atoms with Gasteiger partial charge in [-0.05, 0) is 37.8 Å². The molecule has 0 radical (unpaired) electrons. The van der Waals surface area contributed by atoms with Crippen molar-refractivity contribution in [3.05, 3.63) is 29.8 Å². The van der Waals surface area contributed by atoms with Crippen LogP contribution in [0.4, 0.5) is 5.69 Å². The minimum Gasteiger partial charge on any atom is -0.480 e. The van der Waals surface area contributed by atoms with Crippen LogP contribution in [0, 0.1) is 5.92 Å². The van der Waals surface area contributed by atoms with E-state index in [0.29, 0.717) is 24.1 Å². The first-order valence-corrected chi connectivity index (χ1v) is 9.41. The smallest absolute Gasteiger partial charge is 0.326 e. The lowest BCUT2D eigenvalue weighted by atomic mass is 9.98. The van der Waals surface area contributed by atoms with Crippen molar-refractivity contribution in [2.75, 3.05) is 11.4 Å². The molecule has 8 nitrogen and oxygen atoms in total. The molecule has 150 valence electrons.